The normalized spacial score (nSPS) is 15.7. The van der Waals surface area contributed by atoms with E-state index in [1.807, 2.05) is 30.5 Å². The average Bonchev–Trinajstić information content (AvgIpc) is 3.57. The van der Waals surface area contributed by atoms with Gasteiger partial charge in [0.05, 0.1) is 13.0 Å². The van der Waals surface area contributed by atoms with Gasteiger partial charge in [-0.3, -0.25) is 9.59 Å². The maximum Gasteiger partial charge on any atom is 0.231 e. The van der Waals surface area contributed by atoms with E-state index in [0.29, 0.717) is 24.6 Å². The monoisotopic (exact) mass is 489 g/mol. The number of anilines is 1. The molecule has 180 valence electrons. The van der Waals surface area contributed by atoms with Gasteiger partial charge in [0, 0.05) is 43.0 Å². The largest absolute Gasteiger partial charge is 0.497 e. The summed E-state index contributed by atoms with van der Waals surface area (Å²) in [6.07, 6.45) is 3.60. The second-order valence-corrected chi connectivity index (χ2v) is 9.93. The van der Waals surface area contributed by atoms with Crippen molar-refractivity contribution in [3.63, 3.8) is 0 Å². The van der Waals surface area contributed by atoms with Gasteiger partial charge >= 0.3 is 0 Å². The highest BCUT2D eigenvalue weighted by Crippen LogP contribution is 2.25. The van der Waals surface area contributed by atoms with Crippen LogP contribution in [0.3, 0.4) is 0 Å². The van der Waals surface area contributed by atoms with Gasteiger partial charge in [-0.15, -0.1) is 10.2 Å². The highest BCUT2D eigenvalue weighted by atomic mass is 32.1. The number of ether oxygens (including phenoxy) is 1. The zero-order valence-electron chi connectivity index (χ0n) is 19.7. The maximum absolute atomic E-state index is 12.8. The van der Waals surface area contributed by atoms with Gasteiger partial charge < -0.3 is 19.9 Å². The third kappa shape index (κ3) is 5.19. The molecule has 8 nitrogen and oxygen atoms in total. The molecule has 2 aromatic carbocycles. The quantitative estimate of drug-likeness (QED) is 0.390. The molecular formula is C26H27N5O3S. The molecule has 3 heterocycles. The van der Waals surface area contributed by atoms with E-state index in [0.717, 1.165) is 28.3 Å². The van der Waals surface area contributed by atoms with Crippen molar-refractivity contribution in [2.24, 2.45) is 5.92 Å². The third-order valence-electron chi connectivity index (χ3n) is 6.37. The summed E-state index contributed by atoms with van der Waals surface area (Å²) >= 11 is 1.35. The van der Waals surface area contributed by atoms with Crippen LogP contribution in [0.4, 0.5) is 5.13 Å². The Balaban J connectivity index is 1.15. The number of aromatic amines is 1. The van der Waals surface area contributed by atoms with Gasteiger partial charge in [-0.25, -0.2) is 0 Å². The van der Waals surface area contributed by atoms with E-state index >= 15 is 0 Å². The van der Waals surface area contributed by atoms with E-state index in [4.69, 9.17) is 4.74 Å². The predicted octanol–water partition coefficient (Wildman–Crippen LogP) is 3.96. The van der Waals surface area contributed by atoms with Gasteiger partial charge in [0.15, 0.2) is 0 Å². The number of benzene rings is 2. The Bertz CT molecular complexity index is 1360. The first-order valence-electron chi connectivity index (χ1n) is 11.6. The first kappa shape index (κ1) is 23.0. The van der Waals surface area contributed by atoms with Crippen LogP contribution in [0.5, 0.6) is 5.75 Å². The number of H-pyrrole nitrogens is 1. The lowest BCUT2D eigenvalue weighted by Crippen LogP contribution is -2.30. The fourth-order valence-electron chi connectivity index (χ4n) is 4.42. The Kier molecular flexibility index (Phi) is 6.50. The highest BCUT2D eigenvalue weighted by molar-refractivity contribution is 7.15. The van der Waals surface area contributed by atoms with Gasteiger partial charge in [-0.2, -0.15) is 0 Å². The number of aromatic nitrogens is 3. The second kappa shape index (κ2) is 9.87. The van der Waals surface area contributed by atoms with Gasteiger partial charge in [0.2, 0.25) is 16.9 Å². The number of nitrogens with one attached hydrogen (secondary N) is 2. The topological polar surface area (TPSA) is 100 Å². The molecule has 1 atom stereocenters. The van der Waals surface area contributed by atoms with E-state index in [1.54, 1.807) is 12.0 Å². The zero-order valence-corrected chi connectivity index (χ0v) is 20.5. The summed E-state index contributed by atoms with van der Waals surface area (Å²) in [6.45, 7) is 3.08. The highest BCUT2D eigenvalue weighted by Gasteiger charge is 2.34. The molecule has 35 heavy (non-hydrogen) atoms. The molecule has 2 N–H and O–H groups in total. The van der Waals surface area contributed by atoms with Crippen LogP contribution in [0.2, 0.25) is 0 Å². The molecule has 0 unspecified atom stereocenters. The number of hydrogen-bond donors (Lipinski definition) is 2. The Morgan fingerprint density at radius 3 is 2.86 bits per heavy atom. The van der Waals surface area contributed by atoms with Gasteiger partial charge in [0.1, 0.15) is 10.8 Å². The molecule has 0 bridgehead atoms. The fraction of sp³-hybridized carbons (Fsp3) is 0.308. The summed E-state index contributed by atoms with van der Waals surface area (Å²) in [5.41, 5.74) is 4.57. The number of carbonyl (C=O) groups is 2. The number of likely N-dealkylation sites (tertiary alicyclic amines) is 1. The van der Waals surface area contributed by atoms with Crippen molar-refractivity contribution in [1.82, 2.24) is 20.1 Å². The van der Waals surface area contributed by atoms with Crippen molar-refractivity contribution in [3.05, 3.63) is 70.4 Å². The van der Waals surface area contributed by atoms with E-state index < -0.39 is 0 Å². The Morgan fingerprint density at radius 2 is 2.06 bits per heavy atom. The fourth-order valence-corrected chi connectivity index (χ4v) is 5.20. The first-order valence-corrected chi connectivity index (χ1v) is 12.4. The number of amides is 2. The minimum absolute atomic E-state index is 0.0126. The van der Waals surface area contributed by atoms with Crippen molar-refractivity contribution in [3.8, 4) is 5.75 Å². The molecule has 0 aliphatic carbocycles. The number of hydrogen-bond acceptors (Lipinski definition) is 6. The molecule has 0 radical (unpaired) electrons. The Labute approximate surface area is 207 Å². The molecule has 1 aliphatic rings. The summed E-state index contributed by atoms with van der Waals surface area (Å²) < 4.78 is 5.18. The van der Waals surface area contributed by atoms with Crippen molar-refractivity contribution in [2.75, 3.05) is 25.5 Å². The lowest BCUT2D eigenvalue weighted by atomic mass is 10.1. The van der Waals surface area contributed by atoms with E-state index in [-0.39, 0.29) is 24.2 Å². The van der Waals surface area contributed by atoms with Crippen LogP contribution < -0.4 is 10.1 Å². The van der Waals surface area contributed by atoms with Gasteiger partial charge in [-0.05, 0) is 48.7 Å². The molecule has 4 aromatic rings. The van der Waals surface area contributed by atoms with Crippen molar-refractivity contribution in [1.29, 1.82) is 0 Å². The Hall–Kier alpha value is -3.72. The van der Waals surface area contributed by atoms with Gasteiger partial charge in [0.25, 0.3) is 0 Å². The standard InChI is InChI=1S/C26H27N5O3S/c1-16-3-8-22-21(11-16)18(14-27-22)9-10-31-15-19(13-24(31)32)25(33)28-26-30-29-23(35-26)12-17-4-6-20(34-2)7-5-17/h3-8,11,14,19,27H,9-10,12-13,15H2,1-2H3,(H,28,30,33)/t19-/m0/s1. The molecule has 2 aromatic heterocycles. The SMILES string of the molecule is COc1ccc(Cc2nnc(NC(=O)[C@H]3CC(=O)N(CCc4c[nH]c5ccc(C)cc45)C3)s2)cc1. The molecule has 5 rings (SSSR count). The summed E-state index contributed by atoms with van der Waals surface area (Å²) in [4.78, 5) is 30.5. The number of nitrogens with zero attached hydrogens (tertiary/aromatic N) is 3. The second-order valence-electron chi connectivity index (χ2n) is 8.87. The molecule has 0 spiro atoms. The molecule has 1 aliphatic heterocycles. The number of aryl methyl sites for hydroxylation is 1. The van der Waals surface area contributed by atoms with Crippen LogP contribution in [-0.2, 0) is 22.4 Å². The van der Waals surface area contributed by atoms with Crippen LogP contribution in [0.25, 0.3) is 10.9 Å². The lowest BCUT2D eigenvalue weighted by molar-refractivity contribution is -0.128. The molecule has 1 saturated heterocycles. The number of rotatable bonds is 8. The maximum atomic E-state index is 12.8. The van der Waals surface area contributed by atoms with Crippen molar-refractivity contribution in [2.45, 2.75) is 26.2 Å². The number of fused-ring (bicyclic) bond motifs is 1. The molecule has 9 heteroatoms. The molecule has 1 fully saturated rings. The van der Waals surface area contributed by atoms with Crippen LogP contribution in [-0.4, -0.2) is 52.1 Å². The number of methoxy groups -OCH3 is 1. The molecule has 0 saturated carbocycles. The van der Waals surface area contributed by atoms with Crippen LogP contribution in [0, 0.1) is 12.8 Å². The smallest absolute Gasteiger partial charge is 0.231 e. The summed E-state index contributed by atoms with van der Waals surface area (Å²) in [6, 6.07) is 14.1. The van der Waals surface area contributed by atoms with Crippen molar-refractivity contribution < 1.29 is 14.3 Å². The van der Waals surface area contributed by atoms with Crippen molar-refractivity contribution >= 4 is 39.2 Å². The average molecular weight is 490 g/mol. The summed E-state index contributed by atoms with van der Waals surface area (Å²) in [5, 5.41) is 13.6. The number of carbonyl (C=O) groups excluding carboxylic acids is 2. The molecule has 2 amide bonds. The van der Waals surface area contributed by atoms with Crippen LogP contribution in [0.15, 0.2) is 48.7 Å². The van der Waals surface area contributed by atoms with E-state index in [1.165, 1.54) is 27.8 Å². The first-order chi connectivity index (χ1) is 17.0. The van der Waals surface area contributed by atoms with E-state index in [2.05, 4.69) is 45.6 Å². The summed E-state index contributed by atoms with van der Waals surface area (Å²) in [7, 11) is 1.64. The Morgan fingerprint density at radius 1 is 1.23 bits per heavy atom. The minimum atomic E-state index is -0.387. The van der Waals surface area contributed by atoms with Gasteiger partial charge in [-0.1, -0.05) is 35.1 Å². The van der Waals surface area contributed by atoms with Crippen LogP contribution in [0.1, 0.15) is 28.1 Å². The minimum Gasteiger partial charge on any atom is -0.497 e. The lowest BCUT2D eigenvalue weighted by Gasteiger charge is -2.16. The third-order valence-corrected chi connectivity index (χ3v) is 7.21. The summed E-state index contributed by atoms with van der Waals surface area (Å²) in [5.74, 6) is 0.242. The predicted molar refractivity (Wildman–Crippen MR) is 136 cm³/mol. The van der Waals surface area contributed by atoms with Crippen LogP contribution >= 0.6 is 11.3 Å². The molecular weight excluding hydrogens is 462 g/mol. The zero-order chi connectivity index (χ0) is 24.4. The van der Waals surface area contributed by atoms with E-state index in [9.17, 15) is 9.59 Å².